The zero-order valence-corrected chi connectivity index (χ0v) is 36.8. The normalized spacial score (nSPS) is 19.0. The number of urea groups is 1. The number of nitrogens with zero attached hydrogens (tertiary/aromatic N) is 2. The van der Waals surface area contributed by atoms with Crippen LogP contribution in [-0.4, -0.2) is 130 Å². The molecule has 4 unspecified atom stereocenters. The fourth-order valence-corrected chi connectivity index (χ4v) is 7.40. The Morgan fingerprint density at radius 2 is 1.60 bits per heavy atom. The Kier molecular flexibility index (Phi) is 16.2. The third kappa shape index (κ3) is 12.2. The van der Waals surface area contributed by atoms with Gasteiger partial charge in [-0.2, -0.15) is 0 Å². The molecule has 0 saturated carbocycles. The molecule has 6 rings (SSSR count). The van der Waals surface area contributed by atoms with Gasteiger partial charge in [-0.05, 0) is 106 Å². The summed E-state index contributed by atoms with van der Waals surface area (Å²) in [6, 6.07) is 14.4. The molecule has 0 spiro atoms. The molecule has 16 heteroatoms. The van der Waals surface area contributed by atoms with Gasteiger partial charge in [-0.25, -0.2) is 9.59 Å². The number of aliphatic hydroxyl groups is 1. The highest BCUT2D eigenvalue weighted by Gasteiger charge is 2.38. The number of fused-ring (bicyclic) bond motifs is 2. The Hall–Kier alpha value is -5.36. The van der Waals surface area contributed by atoms with E-state index in [1.54, 1.807) is 26.2 Å². The molecule has 4 aliphatic rings. The number of likely N-dealkylation sites (N-methyl/N-ethyl adjacent to an activating group) is 1. The average molecular weight is 873 g/mol. The molecule has 4 atom stereocenters. The van der Waals surface area contributed by atoms with E-state index in [-0.39, 0.29) is 50.0 Å². The number of hydrogen-bond donors (Lipinski definition) is 4. The number of rotatable bonds is 21. The van der Waals surface area contributed by atoms with Crippen molar-refractivity contribution >= 4 is 29.0 Å². The van der Waals surface area contributed by atoms with Crippen LogP contribution in [0.4, 0.5) is 9.59 Å². The highest BCUT2D eigenvalue weighted by molar-refractivity contribution is 6.09. The summed E-state index contributed by atoms with van der Waals surface area (Å²) in [4.78, 5) is 54.5. The molecule has 1 saturated heterocycles. The fraction of sp³-hybridized carbons (Fsp3) is 0.489. The Morgan fingerprint density at radius 3 is 2.33 bits per heavy atom. The number of ether oxygens (including phenoxy) is 5. The number of aryl methyl sites for hydroxylation is 3. The first-order valence-corrected chi connectivity index (χ1v) is 21.5. The predicted octanol–water partition coefficient (Wildman–Crippen LogP) is 5.46. The molecule has 1 aliphatic carbocycles. The van der Waals surface area contributed by atoms with Gasteiger partial charge in [-0.1, -0.05) is 18.2 Å². The molecule has 63 heavy (non-hydrogen) atoms. The van der Waals surface area contributed by atoms with Crippen LogP contribution in [0, 0.1) is 20.8 Å². The van der Waals surface area contributed by atoms with Crippen molar-refractivity contribution in [3.63, 3.8) is 0 Å². The summed E-state index contributed by atoms with van der Waals surface area (Å²) in [5, 5.41) is 19.8. The Labute approximate surface area is 369 Å². The number of amides is 4. The van der Waals surface area contributed by atoms with Crippen molar-refractivity contribution in [3.05, 3.63) is 92.8 Å². The van der Waals surface area contributed by atoms with Crippen LogP contribution in [0.15, 0.2) is 69.5 Å². The molecule has 1 fully saturated rings. The zero-order chi connectivity index (χ0) is 45.8. The van der Waals surface area contributed by atoms with Gasteiger partial charge >= 0.3 is 12.1 Å². The second-order valence-corrected chi connectivity index (χ2v) is 16.0. The molecular formula is C47H61N5O11. The molecule has 16 nitrogen and oxygen atoms in total. The molecule has 3 aliphatic heterocycles. The fourth-order valence-electron chi connectivity index (χ4n) is 7.40. The maximum absolute atomic E-state index is 13.9. The maximum Gasteiger partial charge on any atom is 0.407 e. The van der Waals surface area contributed by atoms with E-state index in [1.165, 1.54) is 15.9 Å². The van der Waals surface area contributed by atoms with Gasteiger partial charge in [0.25, 0.3) is 5.91 Å². The van der Waals surface area contributed by atoms with E-state index in [9.17, 15) is 24.3 Å². The number of nitrogens with one attached hydrogen (secondary N) is 3. The highest BCUT2D eigenvalue weighted by atomic mass is 16.6. The van der Waals surface area contributed by atoms with Gasteiger partial charge < -0.3 is 48.7 Å². The zero-order valence-electron chi connectivity index (χ0n) is 37.8. The highest BCUT2D eigenvalue weighted by Crippen LogP contribution is 2.42. The SMILES string of the molecule is [2H]CC1OC(N2C=C(C)C(NCCCOCCOCCOCCCNC(=O)OCCN(C)C(=O)c3ccccc3-c3c4cc(C)c(=O)cc-4oc4cc(C)c(C)cc34)NC2=O)CC1O. The molecule has 3 heterocycles. The molecule has 4 N–H and O–H groups in total. The second kappa shape index (κ2) is 22.3. The number of alkyl carbamates (subject to hydrolysis) is 1. The lowest BCUT2D eigenvalue weighted by Crippen LogP contribution is -2.56. The van der Waals surface area contributed by atoms with Gasteiger partial charge in [0.1, 0.15) is 30.3 Å². The summed E-state index contributed by atoms with van der Waals surface area (Å²) in [6.07, 6.45) is 0.473. The summed E-state index contributed by atoms with van der Waals surface area (Å²) in [5.41, 5.74) is 6.83. The van der Waals surface area contributed by atoms with Crippen LogP contribution in [0.25, 0.3) is 33.4 Å². The summed E-state index contributed by atoms with van der Waals surface area (Å²) in [6.45, 7) is 11.4. The van der Waals surface area contributed by atoms with Gasteiger partial charge in [0, 0.05) is 68.9 Å². The molecule has 2 aromatic rings. The minimum Gasteiger partial charge on any atom is -0.456 e. The summed E-state index contributed by atoms with van der Waals surface area (Å²) >= 11 is 0. The van der Waals surface area contributed by atoms with E-state index < -0.39 is 24.5 Å². The van der Waals surface area contributed by atoms with Crippen LogP contribution < -0.4 is 21.4 Å². The van der Waals surface area contributed by atoms with Crippen molar-refractivity contribution in [1.82, 2.24) is 25.8 Å². The van der Waals surface area contributed by atoms with Crippen molar-refractivity contribution in [2.75, 3.05) is 72.9 Å². The monoisotopic (exact) mass is 872 g/mol. The number of carbonyl (C=O) groups is 3. The van der Waals surface area contributed by atoms with Crippen molar-refractivity contribution in [1.29, 1.82) is 0 Å². The van der Waals surface area contributed by atoms with Gasteiger partial charge in [-0.15, -0.1) is 0 Å². The van der Waals surface area contributed by atoms with Crippen LogP contribution in [0.3, 0.4) is 0 Å². The van der Waals surface area contributed by atoms with Crippen LogP contribution in [0.1, 0.15) is 61.5 Å². The minimum atomic E-state index is -0.759. The number of aliphatic hydroxyl groups excluding tert-OH is 1. The summed E-state index contributed by atoms with van der Waals surface area (Å²) in [5.74, 6) is 0.207. The van der Waals surface area contributed by atoms with Gasteiger partial charge in [0.05, 0.1) is 45.2 Å². The third-order valence-electron chi connectivity index (χ3n) is 11.2. The average Bonchev–Trinajstić information content (AvgIpc) is 3.66. The van der Waals surface area contributed by atoms with E-state index in [1.807, 2.05) is 51.1 Å². The van der Waals surface area contributed by atoms with E-state index >= 15 is 0 Å². The van der Waals surface area contributed by atoms with Crippen LogP contribution >= 0.6 is 0 Å². The molecule has 0 bridgehead atoms. The lowest BCUT2D eigenvalue weighted by atomic mass is 9.88. The molecule has 0 radical (unpaired) electrons. The van der Waals surface area contributed by atoms with Crippen LogP contribution in [0.5, 0.6) is 0 Å². The van der Waals surface area contributed by atoms with Gasteiger partial charge in [-0.3, -0.25) is 19.8 Å². The van der Waals surface area contributed by atoms with E-state index in [0.717, 1.165) is 39.6 Å². The van der Waals surface area contributed by atoms with Crippen molar-refractivity contribution in [3.8, 4) is 22.5 Å². The largest absolute Gasteiger partial charge is 0.456 e. The lowest BCUT2D eigenvalue weighted by Gasteiger charge is -2.34. The standard InChI is InChI=1S/C47H61N5O11/c1-29-23-36-40(25-30(29)2)63-41-26-38(53)31(3)24-37(41)43(36)34-11-7-8-12-35(34)45(55)51(6)15-18-61-47(57)49-14-10-17-59-20-22-60-21-19-58-16-9-13-48-44-32(4)28-52(46(56)50-44)42-27-39(54)33(5)62-42/h7-8,11-12,23-26,28,33,39,42,44,48,54H,9-10,13-22,27H2,1-6H3,(H,49,57)(H,50,56)/i5D. The third-order valence-corrected chi connectivity index (χ3v) is 11.2. The molecule has 4 amide bonds. The van der Waals surface area contributed by atoms with E-state index in [0.29, 0.717) is 87.2 Å². The topological polar surface area (TPSA) is 190 Å². The first-order valence-electron chi connectivity index (χ1n) is 22.2. The second-order valence-electron chi connectivity index (χ2n) is 16.0. The first kappa shape index (κ1) is 45.7. The number of benzene rings is 3. The van der Waals surface area contributed by atoms with Crippen LogP contribution in [0.2, 0.25) is 0 Å². The van der Waals surface area contributed by atoms with E-state index in [2.05, 4.69) is 22.0 Å². The minimum absolute atomic E-state index is 0.000865. The van der Waals surface area contributed by atoms with E-state index in [4.69, 9.17) is 29.5 Å². The van der Waals surface area contributed by atoms with Gasteiger partial charge in [0.15, 0.2) is 5.43 Å². The molecule has 340 valence electrons. The maximum atomic E-state index is 13.9. The smallest absolute Gasteiger partial charge is 0.407 e. The van der Waals surface area contributed by atoms with Gasteiger partial charge in [0.2, 0.25) is 0 Å². The lowest BCUT2D eigenvalue weighted by molar-refractivity contribution is -0.0242. The predicted molar refractivity (Wildman–Crippen MR) is 238 cm³/mol. The molecular weight excluding hydrogens is 811 g/mol. The van der Waals surface area contributed by atoms with Crippen LogP contribution in [-0.2, 0) is 23.7 Å². The quantitative estimate of drug-likeness (QED) is 0.0613. The van der Waals surface area contributed by atoms with Crippen molar-refractivity contribution in [2.45, 2.75) is 78.5 Å². The molecule has 2 aromatic carbocycles. The number of hydrogen-bond acceptors (Lipinski definition) is 12. The first-order chi connectivity index (χ1) is 30.9. The molecule has 0 aromatic heterocycles. The van der Waals surface area contributed by atoms with Crippen molar-refractivity contribution < 1.29 is 49.0 Å². The Morgan fingerprint density at radius 1 is 0.905 bits per heavy atom. The Bertz CT molecular complexity index is 2300. The summed E-state index contributed by atoms with van der Waals surface area (Å²) < 4.78 is 41.6. The van der Waals surface area contributed by atoms with Crippen molar-refractivity contribution in [2.24, 2.45) is 0 Å². The Balaban J connectivity index is 0.811. The number of carbonyl (C=O) groups excluding carboxylic acids is 3. The summed E-state index contributed by atoms with van der Waals surface area (Å²) in [7, 11) is 1.67.